The SMILES string of the molecule is CC(N)=[N+](C(=N)c1cc(C(C)C)c(O)cc1O)c1ccc(CN2CCN(C(=O)CCC(=O)O)CC2)cc1. The lowest BCUT2D eigenvalue weighted by atomic mass is 9.98. The van der Waals surface area contributed by atoms with Crippen LogP contribution in [0, 0.1) is 5.41 Å². The van der Waals surface area contributed by atoms with Crippen LogP contribution < -0.4 is 5.73 Å². The summed E-state index contributed by atoms with van der Waals surface area (Å²) in [6.07, 6.45) is -0.120. The molecule has 1 amide bonds. The largest absolute Gasteiger partial charge is 0.508 e. The number of carboxylic acid groups (broad SMARTS) is 1. The first-order valence-corrected chi connectivity index (χ1v) is 12.3. The first kappa shape index (κ1) is 27.7. The minimum Gasteiger partial charge on any atom is -0.508 e. The normalized spacial score (nSPS) is 15.0. The zero-order chi connectivity index (χ0) is 27.3. The molecule has 10 nitrogen and oxygen atoms in total. The molecule has 0 saturated carbocycles. The molecule has 1 heterocycles. The summed E-state index contributed by atoms with van der Waals surface area (Å²) < 4.78 is 1.54. The number of benzene rings is 2. The summed E-state index contributed by atoms with van der Waals surface area (Å²) >= 11 is 0. The van der Waals surface area contributed by atoms with Crippen molar-refractivity contribution in [2.45, 2.75) is 46.1 Å². The van der Waals surface area contributed by atoms with Crippen molar-refractivity contribution in [2.75, 3.05) is 26.2 Å². The summed E-state index contributed by atoms with van der Waals surface area (Å²) in [5.41, 5.74) is 8.77. The Morgan fingerprint density at radius 1 is 1.03 bits per heavy atom. The number of carbonyl (C=O) groups excluding carboxylic acids is 1. The average molecular weight is 511 g/mol. The van der Waals surface area contributed by atoms with Gasteiger partial charge in [0.1, 0.15) is 17.2 Å². The molecule has 0 radical (unpaired) electrons. The highest BCUT2D eigenvalue weighted by atomic mass is 16.4. The molecule has 1 fully saturated rings. The number of nitrogens with one attached hydrogen (secondary N) is 1. The summed E-state index contributed by atoms with van der Waals surface area (Å²) in [6, 6.07) is 10.5. The van der Waals surface area contributed by atoms with Crippen molar-refractivity contribution in [3.05, 3.63) is 53.1 Å². The van der Waals surface area contributed by atoms with Gasteiger partial charge >= 0.3 is 5.97 Å². The Balaban J connectivity index is 1.69. The third kappa shape index (κ3) is 6.85. The highest BCUT2D eigenvalue weighted by molar-refractivity contribution is 5.98. The van der Waals surface area contributed by atoms with E-state index in [4.69, 9.17) is 16.2 Å². The molecule has 37 heavy (non-hydrogen) atoms. The van der Waals surface area contributed by atoms with Gasteiger partial charge < -0.3 is 26.0 Å². The maximum atomic E-state index is 12.2. The van der Waals surface area contributed by atoms with Crippen molar-refractivity contribution in [2.24, 2.45) is 5.73 Å². The number of amidine groups is 2. The molecule has 6 N–H and O–H groups in total. The predicted octanol–water partition coefficient (Wildman–Crippen LogP) is 2.78. The van der Waals surface area contributed by atoms with Crippen LogP contribution in [0.5, 0.6) is 11.5 Å². The van der Waals surface area contributed by atoms with E-state index in [1.807, 2.05) is 38.1 Å². The first-order chi connectivity index (χ1) is 17.5. The Hall–Kier alpha value is -3.92. The standard InChI is InChI=1S/C27H35N5O5/c1-17(2)21-14-22(24(34)15-23(21)33)27(29)32(18(3)28)20-6-4-19(5-7-20)16-30-10-12-31(13-11-30)25(35)8-9-26(36)37/h4-7,14-15,17,28H,8-13,16H2,1-3H3,(H4,29,33,34,36,37)/p+1. The number of nitrogens with two attached hydrogens (primary N) is 1. The van der Waals surface area contributed by atoms with Gasteiger partial charge in [-0.05, 0) is 35.2 Å². The van der Waals surface area contributed by atoms with E-state index in [0.29, 0.717) is 49.8 Å². The summed E-state index contributed by atoms with van der Waals surface area (Å²) in [5.74, 6) is -0.938. The van der Waals surface area contributed by atoms with E-state index in [2.05, 4.69) is 4.90 Å². The fourth-order valence-corrected chi connectivity index (χ4v) is 4.41. The molecule has 3 rings (SSSR count). The lowest BCUT2D eigenvalue weighted by molar-refractivity contribution is -0.308. The second-order valence-electron chi connectivity index (χ2n) is 9.63. The van der Waals surface area contributed by atoms with Crippen LogP contribution >= 0.6 is 0 Å². The van der Waals surface area contributed by atoms with Crippen LogP contribution in [0.25, 0.3) is 0 Å². The third-order valence-electron chi connectivity index (χ3n) is 6.48. The van der Waals surface area contributed by atoms with Crippen LogP contribution in [-0.2, 0) is 16.1 Å². The first-order valence-electron chi connectivity index (χ1n) is 12.3. The minimum atomic E-state index is -0.966. The molecule has 1 aliphatic heterocycles. The molecule has 198 valence electrons. The molecule has 1 aliphatic rings. The Kier molecular flexibility index (Phi) is 8.88. The number of nitrogens with zero attached hydrogens (tertiary/aromatic N) is 3. The summed E-state index contributed by atoms with van der Waals surface area (Å²) in [5, 5.41) is 38.2. The topological polar surface area (TPSA) is 154 Å². The fraction of sp³-hybridized carbons (Fsp3) is 0.407. The number of amides is 1. The van der Waals surface area contributed by atoms with Gasteiger partial charge in [-0.15, -0.1) is 0 Å². The van der Waals surface area contributed by atoms with Gasteiger partial charge in [-0.3, -0.25) is 14.5 Å². The van der Waals surface area contributed by atoms with Crippen LogP contribution in [0.3, 0.4) is 0 Å². The molecule has 0 atom stereocenters. The van der Waals surface area contributed by atoms with Crippen molar-refractivity contribution in [1.29, 1.82) is 5.41 Å². The van der Waals surface area contributed by atoms with Crippen molar-refractivity contribution >= 4 is 29.2 Å². The molecule has 1 saturated heterocycles. The number of phenolic OH excluding ortho intramolecular Hbond substituents is 2. The Bertz CT molecular complexity index is 1190. The molecular formula is C27H36N5O5+. The quantitative estimate of drug-likeness (QED) is 0.208. The molecule has 0 spiro atoms. The number of aromatic hydroxyl groups is 2. The van der Waals surface area contributed by atoms with Gasteiger partial charge in [0.05, 0.1) is 12.0 Å². The number of hydrogen-bond donors (Lipinski definition) is 5. The van der Waals surface area contributed by atoms with E-state index in [1.165, 1.54) is 6.07 Å². The second kappa shape index (κ2) is 11.9. The minimum absolute atomic E-state index is 0.00385. The summed E-state index contributed by atoms with van der Waals surface area (Å²) in [4.78, 5) is 26.8. The molecule has 2 aromatic carbocycles. The van der Waals surface area contributed by atoms with E-state index in [0.717, 1.165) is 5.56 Å². The molecule has 2 aromatic rings. The molecular weight excluding hydrogens is 474 g/mol. The summed E-state index contributed by atoms with van der Waals surface area (Å²) in [6.45, 7) is 8.75. The number of carbonyl (C=O) groups is 2. The smallest absolute Gasteiger partial charge is 0.303 e. The van der Waals surface area contributed by atoms with Gasteiger partial charge in [0, 0.05) is 52.1 Å². The predicted molar refractivity (Wildman–Crippen MR) is 141 cm³/mol. The van der Waals surface area contributed by atoms with Crippen molar-refractivity contribution < 1.29 is 29.5 Å². The number of aliphatic carboxylic acids is 1. The highest BCUT2D eigenvalue weighted by Crippen LogP contribution is 2.33. The summed E-state index contributed by atoms with van der Waals surface area (Å²) in [7, 11) is 0. The fourth-order valence-electron chi connectivity index (χ4n) is 4.41. The second-order valence-corrected chi connectivity index (χ2v) is 9.63. The van der Waals surface area contributed by atoms with Gasteiger partial charge in [-0.2, -0.15) is 5.41 Å². The Morgan fingerprint density at radius 2 is 1.65 bits per heavy atom. The van der Waals surface area contributed by atoms with Gasteiger partial charge in [-0.25, -0.2) is 4.58 Å². The third-order valence-corrected chi connectivity index (χ3v) is 6.48. The lowest BCUT2D eigenvalue weighted by Gasteiger charge is -2.34. The van der Waals surface area contributed by atoms with Crippen LogP contribution in [0.15, 0.2) is 36.4 Å². The molecule has 10 heteroatoms. The van der Waals surface area contributed by atoms with E-state index in [1.54, 1.807) is 22.5 Å². The van der Waals surface area contributed by atoms with Crippen LogP contribution in [-0.4, -0.2) is 79.4 Å². The number of hydrogen-bond acceptors (Lipinski definition) is 6. The van der Waals surface area contributed by atoms with Gasteiger partial charge in [0.15, 0.2) is 5.84 Å². The maximum absolute atomic E-state index is 12.2. The van der Waals surface area contributed by atoms with Crippen molar-refractivity contribution in [3.8, 4) is 11.5 Å². The Morgan fingerprint density at radius 3 is 2.19 bits per heavy atom. The van der Waals surface area contributed by atoms with Gasteiger partial charge in [0.25, 0.3) is 5.84 Å². The van der Waals surface area contributed by atoms with E-state index >= 15 is 0 Å². The van der Waals surface area contributed by atoms with E-state index in [9.17, 15) is 19.8 Å². The van der Waals surface area contributed by atoms with Crippen molar-refractivity contribution in [3.63, 3.8) is 0 Å². The number of carboxylic acids is 1. The monoisotopic (exact) mass is 510 g/mol. The van der Waals surface area contributed by atoms with Crippen LogP contribution in [0.1, 0.15) is 56.2 Å². The van der Waals surface area contributed by atoms with Crippen LogP contribution in [0.2, 0.25) is 0 Å². The Labute approximate surface area is 216 Å². The molecule has 0 unspecified atom stereocenters. The van der Waals surface area contributed by atoms with Crippen LogP contribution in [0.4, 0.5) is 5.69 Å². The molecule has 0 bridgehead atoms. The van der Waals surface area contributed by atoms with E-state index in [-0.39, 0.29) is 47.6 Å². The zero-order valence-electron chi connectivity index (χ0n) is 21.6. The number of rotatable bonds is 8. The van der Waals surface area contributed by atoms with Gasteiger partial charge in [-0.1, -0.05) is 26.0 Å². The zero-order valence-corrected chi connectivity index (χ0v) is 21.6. The number of phenols is 2. The molecule has 0 aliphatic carbocycles. The van der Waals surface area contributed by atoms with Gasteiger partial charge in [0.2, 0.25) is 5.91 Å². The van der Waals surface area contributed by atoms with E-state index < -0.39 is 5.97 Å². The average Bonchev–Trinajstić information content (AvgIpc) is 2.83. The number of piperazine rings is 1. The highest BCUT2D eigenvalue weighted by Gasteiger charge is 2.24. The lowest BCUT2D eigenvalue weighted by Crippen LogP contribution is -2.48. The maximum Gasteiger partial charge on any atom is 0.303 e. The van der Waals surface area contributed by atoms with Crippen molar-refractivity contribution in [1.82, 2.24) is 9.80 Å². The molecule has 0 aromatic heterocycles.